The highest BCUT2D eigenvalue weighted by atomic mass is 35.5. The van der Waals surface area contributed by atoms with Crippen molar-refractivity contribution >= 4 is 39.5 Å². The number of carbonyl (C=O) groups is 1. The summed E-state index contributed by atoms with van der Waals surface area (Å²) in [7, 11) is 1.55. The molecule has 0 spiro atoms. The Bertz CT molecular complexity index is 965. The molecule has 23 heavy (non-hydrogen) atoms. The third-order valence-electron chi connectivity index (χ3n) is 3.35. The Balaban J connectivity index is 2.41. The largest absolute Gasteiger partial charge is 0.497 e. The normalized spacial score (nSPS) is 10.7. The van der Waals surface area contributed by atoms with Crippen molar-refractivity contribution in [2.45, 2.75) is 0 Å². The molecule has 2 aromatic carbocycles. The molecular formula is C16H10Cl2N2O3. The number of benzene rings is 2. The summed E-state index contributed by atoms with van der Waals surface area (Å²) >= 11 is 11.6. The molecule has 3 rings (SSSR count). The molecule has 116 valence electrons. The van der Waals surface area contributed by atoms with E-state index in [1.165, 1.54) is 4.57 Å². The maximum atomic E-state index is 12.6. The van der Waals surface area contributed by atoms with Crippen molar-refractivity contribution in [1.29, 1.82) is 0 Å². The highest BCUT2D eigenvalue weighted by Crippen LogP contribution is 2.24. The lowest BCUT2D eigenvalue weighted by atomic mass is 10.2. The second-order valence-corrected chi connectivity index (χ2v) is 5.43. The molecule has 0 radical (unpaired) electrons. The number of para-hydroxylation sites is 1. The molecule has 0 bridgehead atoms. The van der Waals surface area contributed by atoms with Crippen molar-refractivity contribution in [2.75, 3.05) is 7.11 Å². The molecule has 5 nitrogen and oxygen atoms in total. The van der Waals surface area contributed by atoms with Gasteiger partial charge in [0.05, 0.1) is 17.6 Å². The van der Waals surface area contributed by atoms with Crippen LogP contribution in [0.3, 0.4) is 0 Å². The molecule has 0 aliphatic carbocycles. The van der Waals surface area contributed by atoms with Gasteiger partial charge in [0.1, 0.15) is 11.3 Å². The molecule has 0 aliphatic rings. The summed E-state index contributed by atoms with van der Waals surface area (Å²) in [6.07, 6.45) is 0. The van der Waals surface area contributed by atoms with Gasteiger partial charge in [-0.25, -0.2) is 4.98 Å². The lowest BCUT2D eigenvalue weighted by molar-refractivity contribution is 0.107. The molecule has 0 saturated carbocycles. The number of aromatic nitrogens is 2. The van der Waals surface area contributed by atoms with Crippen LogP contribution < -0.4 is 10.3 Å². The van der Waals surface area contributed by atoms with Crippen LogP contribution in [-0.4, -0.2) is 21.9 Å². The summed E-state index contributed by atoms with van der Waals surface area (Å²) < 4.78 is 6.46. The fourth-order valence-electron chi connectivity index (χ4n) is 2.29. The highest BCUT2D eigenvalue weighted by Gasteiger charge is 2.18. The van der Waals surface area contributed by atoms with E-state index in [0.29, 0.717) is 27.5 Å². The predicted molar refractivity (Wildman–Crippen MR) is 89.1 cm³/mol. The second kappa shape index (κ2) is 6.02. The van der Waals surface area contributed by atoms with Gasteiger partial charge in [-0.15, -0.1) is 0 Å². The van der Waals surface area contributed by atoms with E-state index in [1.807, 2.05) is 0 Å². The molecular weight excluding hydrogens is 339 g/mol. The van der Waals surface area contributed by atoms with Gasteiger partial charge < -0.3 is 4.74 Å². The number of fused-ring (bicyclic) bond motifs is 1. The summed E-state index contributed by atoms with van der Waals surface area (Å²) in [5, 5.41) is -0.608. The molecule has 0 saturated heterocycles. The first-order valence-corrected chi connectivity index (χ1v) is 7.34. The highest BCUT2D eigenvalue weighted by molar-refractivity contribution is 6.67. The van der Waals surface area contributed by atoms with E-state index in [1.54, 1.807) is 49.6 Å². The summed E-state index contributed by atoms with van der Waals surface area (Å²) in [6, 6.07) is 11.8. The first-order valence-electron chi connectivity index (χ1n) is 6.58. The Hall–Kier alpha value is -2.37. The minimum Gasteiger partial charge on any atom is -0.497 e. The molecule has 0 amide bonds. The van der Waals surface area contributed by atoms with E-state index in [9.17, 15) is 9.59 Å². The predicted octanol–water partition coefficient (Wildman–Crippen LogP) is 3.43. The van der Waals surface area contributed by atoms with E-state index >= 15 is 0 Å². The quantitative estimate of drug-likeness (QED) is 0.680. The van der Waals surface area contributed by atoms with Crippen LogP contribution in [0, 0.1) is 0 Å². The zero-order valence-corrected chi connectivity index (χ0v) is 13.4. The average Bonchev–Trinajstić information content (AvgIpc) is 2.54. The van der Waals surface area contributed by atoms with Crippen LogP contribution in [0.4, 0.5) is 0 Å². The van der Waals surface area contributed by atoms with Crippen molar-refractivity contribution in [3.63, 3.8) is 0 Å². The van der Waals surface area contributed by atoms with Crippen LogP contribution in [0.1, 0.15) is 10.5 Å². The molecule has 1 aromatic heterocycles. The third kappa shape index (κ3) is 2.69. The number of ether oxygens (including phenoxy) is 1. The molecule has 0 N–H and O–H groups in total. The van der Waals surface area contributed by atoms with E-state index in [0.717, 1.165) is 0 Å². The van der Waals surface area contributed by atoms with Gasteiger partial charge in [-0.1, -0.05) is 17.7 Å². The van der Waals surface area contributed by atoms with Gasteiger partial charge in [-0.2, -0.15) is 0 Å². The Morgan fingerprint density at radius 3 is 2.48 bits per heavy atom. The first kappa shape index (κ1) is 15.5. The smallest absolute Gasteiger partial charge is 0.286 e. The minimum atomic E-state index is -0.931. The summed E-state index contributed by atoms with van der Waals surface area (Å²) in [5.41, 5.74) is 0.376. The average molecular weight is 349 g/mol. The van der Waals surface area contributed by atoms with Crippen LogP contribution >= 0.6 is 23.2 Å². The van der Waals surface area contributed by atoms with Gasteiger partial charge in [0.25, 0.3) is 10.8 Å². The topological polar surface area (TPSA) is 61.2 Å². The fraction of sp³-hybridized carbons (Fsp3) is 0.0625. The van der Waals surface area contributed by atoms with Crippen LogP contribution in [0.2, 0.25) is 5.02 Å². The first-order chi connectivity index (χ1) is 11.0. The molecule has 0 fully saturated rings. The summed E-state index contributed by atoms with van der Waals surface area (Å²) in [5.74, 6) is 0.645. The SMILES string of the molecule is COc1ccc(-n2c(=O)c(C(=O)Cl)nc3c(Cl)cccc32)cc1. The monoisotopic (exact) mass is 348 g/mol. The van der Waals surface area contributed by atoms with Crippen LogP contribution in [-0.2, 0) is 0 Å². The van der Waals surface area contributed by atoms with E-state index in [4.69, 9.17) is 27.9 Å². The second-order valence-electron chi connectivity index (χ2n) is 4.68. The number of hydrogen-bond donors (Lipinski definition) is 0. The number of carbonyl (C=O) groups excluding carboxylic acids is 1. The van der Waals surface area contributed by atoms with Gasteiger partial charge in [-0.3, -0.25) is 14.2 Å². The van der Waals surface area contributed by atoms with Gasteiger partial charge >= 0.3 is 0 Å². The van der Waals surface area contributed by atoms with E-state index < -0.39 is 10.8 Å². The standard InChI is InChI=1S/C16H10Cl2N2O3/c1-23-10-7-5-9(6-8-10)20-12-4-2-3-11(17)13(12)19-14(15(18)21)16(20)22/h2-8H,1H3. The molecule has 0 unspecified atom stereocenters. The van der Waals surface area contributed by atoms with Gasteiger partial charge in [0.2, 0.25) is 0 Å². The number of halogens is 2. The Morgan fingerprint density at radius 2 is 1.87 bits per heavy atom. The lowest BCUT2D eigenvalue weighted by Gasteiger charge is -2.12. The van der Waals surface area contributed by atoms with Crippen molar-refractivity contribution in [3.05, 3.63) is 63.5 Å². The van der Waals surface area contributed by atoms with E-state index in [2.05, 4.69) is 4.98 Å². The van der Waals surface area contributed by atoms with Crippen molar-refractivity contribution in [3.8, 4) is 11.4 Å². The number of hydrogen-bond acceptors (Lipinski definition) is 4. The minimum absolute atomic E-state index is 0.323. The Morgan fingerprint density at radius 1 is 1.17 bits per heavy atom. The van der Waals surface area contributed by atoms with Crippen molar-refractivity contribution < 1.29 is 9.53 Å². The van der Waals surface area contributed by atoms with Crippen LogP contribution in [0.5, 0.6) is 5.75 Å². The van der Waals surface area contributed by atoms with Gasteiger partial charge in [-0.05, 0) is 48.0 Å². The van der Waals surface area contributed by atoms with Gasteiger partial charge in [0.15, 0.2) is 5.69 Å². The molecule has 7 heteroatoms. The molecule has 0 atom stereocenters. The Kier molecular flexibility index (Phi) is 4.07. The third-order valence-corrected chi connectivity index (χ3v) is 3.84. The molecule has 1 heterocycles. The molecule has 0 aliphatic heterocycles. The summed E-state index contributed by atoms with van der Waals surface area (Å²) in [4.78, 5) is 28.2. The number of nitrogens with zero attached hydrogens (tertiary/aromatic N) is 2. The van der Waals surface area contributed by atoms with E-state index in [-0.39, 0.29) is 5.69 Å². The maximum Gasteiger partial charge on any atom is 0.286 e. The zero-order chi connectivity index (χ0) is 16.6. The van der Waals surface area contributed by atoms with Crippen molar-refractivity contribution in [2.24, 2.45) is 0 Å². The number of rotatable bonds is 3. The fourth-order valence-corrected chi connectivity index (χ4v) is 2.62. The Labute approximate surface area is 141 Å². The molecule has 3 aromatic rings. The summed E-state index contributed by atoms with van der Waals surface area (Å²) in [6.45, 7) is 0. The van der Waals surface area contributed by atoms with Crippen LogP contribution in [0.25, 0.3) is 16.7 Å². The van der Waals surface area contributed by atoms with Crippen LogP contribution in [0.15, 0.2) is 47.3 Å². The zero-order valence-electron chi connectivity index (χ0n) is 11.9. The number of methoxy groups -OCH3 is 1. The van der Waals surface area contributed by atoms with Crippen molar-refractivity contribution in [1.82, 2.24) is 9.55 Å². The van der Waals surface area contributed by atoms with Gasteiger partial charge in [0, 0.05) is 5.69 Å². The maximum absolute atomic E-state index is 12.6. The lowest BCUT2D eigenvalue weighted by Crippen LogP contribution is -2.26.